The Bertz CT molecular complexity index is 604. The second-order valence-corrected chi connectivity index (χ2v) is 5.38. The number of carboxylic acids is 1. The highest BCUT2D eigenvalue weighted by atomic mass is 79.9. The summed E-state index contributed by atoms with van der Waals surface area (Å²) in [6.07, 6.45) is 0. The monoisotopic (exact) mass is 310 g/mol. The van der Waals surface area contributed by atoms with E-state index in [4.69, 9.17) is 10.8 Å². The van der Waals surface area contributed by atoms with Crippen LogP contribution in [-0.2, 0) is 4.79 Å². The molecule has 0 saturated heterocycles. The van der Waals surface area contributed by atoms with Gasteiger partial charge in [-0.25, -0.2) is 0 Å². The highest BCUT2D eigenvalue weighted by Gasteiger charge is 2.22. The van der Waals surface area contributed by atoms with E-state index in [9.17, 15) is 4.79 Å². The van der Waals surface area contributed by atoms with Crippen LogP contribution in [0.25, 0.3) is 10.9 Å². The van der Waals surface area contributed by atoms with E-state index in [1.54, 1.807) is 0 Å². The fourth-order valence-electron chi connectivity index (χ4n) is 2.18. The first kappa shape index (κ1) is 13.1. The summed E-state index contributed by atoms with van der Waals surface area (Å²) >= 11 is 3.48. The van der Waals surface area contributed by atoms with Gasteiger partial charge in [-0.05, 0) is 32.0 Å². The Morgan fingerprint density at radius 3 is 2.67 bits per heavy atom. The van der Waals surface area contributed by atoms with E-state index in [-0.39, 0.29) is 6.04 Å². The topological polar surface area (TPSA) is 68.2 Å². The molecule has 2 aromatic rings. The fourth-order valence-corrected chi connectivity index (χ4v) is 2.65. The van der Waals surface area contributed by atoms with Crippen LogP contribution in [0.4, 0.5) is 0 Å². The molecule has 1 aromatic heterocycles. The van der Waals surface area contributed by atoms with Crippen molar-refractivity contribution in [3.8, 4) is 0 Å². The summed E-state index contributed by atoms with van der Waals surface area (Å²) in [6, 6.07) is 6.82. The molecule has 0 amide bonds. The van der Waals surface area contributed by atoms with E-state index in [0.717, 1.165) is 15.4 Å². The number of fused-ring (bicyclic) bond motifs is 1. The van der Waals surface area contributed by atoms with Crippen molar-refractivity contribution in [2.45, 2.75) is 25.9 Å². The Balaban J connectivity index is 2.77. The third-order valence-electron chi connectivity index (χ3n) is 2.96. The summed E-state index contributed by atoms with van der Waals surface area (Å²) in [6.45, 7) is 4.02. The first-order valence-electron chi connectivity index (χ1n) is 5.71. The predicted molar refractivity (Wildman–Crippen MR) is 74.6 cm³/mol. The largest absolute Gasteiger partial charge is 0.480 e. The standard InChI is InChI=1S/C13H15BrN2O2/c1-7(2)16-10-5-3-4-9(14)8(10)6-11(16)12(15)13(17)18/h3-7,12H,15H2,1-2H3,(H,17,18). The first-order valence-corrected chi connectivity index (χ1v) is 6.50. The molecule has 18 heavy (non-hydrogen) atoms. The van der Waals surface area contributed by atoms with Crippen LogP contribution in [0, 0.1) is 0 Å². The maximum absolute atomic E-state index is 11.1. The summed E-state index contributed by atoms with van der Waals surface area (Å²) in [5, 5.41) is 10.1. The van der Waals surface area contributed by atoms with Crippen LogP contribution in [0.5, 0.6) is 0 Å². The summed E-state index contributed by atoms with van der Waals surface area (Å²) < 4.78 is 2.91. The first-order chi connectivity index (χ1) is 8.43. The van der Waals surface area contributed by atoms with Crippen molar-refractivity contribution in [2.75, 3.05) is 0 Å². The van der Waals surface area contributed by atoms with Gasteiger partial charge in [0.05, 0.1) is 0 Å². The minimum Gasteiger partial charge on any atom is -0.480 e. The zero-order valence-electron chi connectivity index (χ0n) is 10.2. The molecule has 2 rings (SSSR count). The SMILES string of the molecule is CC(C)n1c(C(N)C(=O)O)cc2c(Br)cccc21. The predicted octanol–water partition coefficient (Wildman–Crippen LogP) is 3.07. The molecule has 0 fully saturated rings. The molecule has 1 atom stereocenters. The lowest BCUT2D eigenvalue weighted by atomic mass is 10.2. The van der Waals surface area contributed by atoms with E-state index in [1.807, 2.05) is 42.7 Å². The molecular formula is C13H15BrN2O2. The Morgan fingerprint density at radius 1 is 1.44 bits per heavy atom. The van der Waals surface area contributed by atoms with Crippen LogP contribution in [0.15, 0.2) is 28.7 Å². The molecular weight excluding hydrogens is 296 g/mol. The van der Waals surface area contributed by atoms with E-state index in [2.05, 4.69) is 15.9 Å². The minimum absolute atomic E-state index is 0.150. The van der Waals surface area contributed by atoms with Gasteiger partial charge in [0.15, 0.2) is 0 Å². The van der Waals surface area contributed by atoms with Gasteiger partial charge in [0, 0.05) is 27.1 Å². The van der Waals surface area contributed by atoms with Crippen LogP contribution < -0.4 is 5.73 Å². The van der Waals surface area contributed by atoms with Crippen molar-refractivity contribution in [1.82, 2.24) is 4.57 Å². The Labute approximate surface area is 114 Å². The van der Waals surface area contributed by atoms with Crippen LogP contribution in [0.1, 0.15) is 31.6 Å². The maximum atomic E-state index is 11.1. The molecule has 0 radical (unpaired) electrons. The lowest BCUT2D eigenvalue weighted by Gasteiger charge is -2.16. The molecule has 1 heterocycles. The van der Waals surface area contributed by atoms with Crippen LogP contribution in [-0.4, -0.2) is 15.6 Å². The number of nitrogens with zero attached hydrogens (tertiary/aromatic N) is 1. The van der Waals surface area contributed by atoms with E-state index in [1.165, 1.54) is 0 Å². The van der Waals surface area contributed by atoms with Crippen LogP contribution >= 0.6 is 15.9 Å². The molecule has 1 aromatic carbocycles. The summed E-state index contributed by atoms with van der Waals surface area (Å²) in [5.41, 5.74) is 7.37. The van der Waals surface area contributed by atoms with Crippen LogP contribution in [0.2, 0.25) is 0 Å². The molecule has 5 heteroatoms. The van der Waals surface area contributed by atoms with Gasteiger partial charge in [0.1, 0.15) is 6.04 Å². The molecule has 0 aliphatic rings. The van der Waals surface area contributed by atoms with Crippen molar-refractivity contribution in [1.29, 1.82) is 0 Å². The maximum Gasteiger partial charge on any atom is 0.326 e. The number of rotatable bonds is 3. The fraction of sp³-hybridized carbons (Fsp3) is 0.308. The zero-order chi connectivity index (χ0) is 13.4. The summed E-state index contributed by atoms with van der Waals surface area (Å²) in [5.74, 6) is -1.02. The number of aromatic nitrogens is 1. The van der Waals surface area contributed by atoms with E-state index >= 15 is 0 Å². The molecule has 0 aliphatic heterocycles. The van der Waals surface area contributed by atoms with Crippen LogP contribution in [0.3, 0.4) is 0 Å². The average molecular weight is 311 g/mol. The second-order valence-electron chi connectivity index (χ2n) is 4.52. The minimum atomic E-state index is -1.02. The van der Waals surface area contributed by atoms with Gasteiger partial charge in [-0.2, -0.15) is 0 Å². The lowest BCUT2D eigenvalue weighted by Crippen LogP contribution is -2.24. The number of hydrogen-bond donors (Lipinski definition) is 2. The number of carbonyl (C=O) groups is 1. The Hall–Kier alpha value is -1.33. The second kappa shape index (κ2) is 4.74. The van der Waals surface area contributed by atoms with Gasteiger partial charge in [0.25, 0.3) is 0 Å². The van der Waals surface area contributed by atoms with Crippen molar-refractivity contribution in [3.63, 3.8) is 0 Å². The summed E-state index contributed by atoms with van der Waals surface area (Å²) in [4.78, 5) is 11.1. The lowest BCUT2D eigenvalue weighted by molar-refractivity contribution is -0.138. The summed E-state index contributed by atoms with van der Waals surface area (Å²) in [7, 11) is 0. The molecule has 0 saturated carbocycles. The molecule has 0 spiro atoms. The number of benzene rings is 1. The van der Waals surface area contributed by atoms with Gasteiger partial charge in [-0.3, -0.25) is 4.79 Å². The highest BCUT2D eigenvalue weighted by Crippen LogP contribution is 2.31. The van der Waals surface area contributed by atoms with Crippen molar-refractivity contribution >= 4 is 32.8 Å². The normalized spacial score (nSPS) is 13.2. The van der Waals surface area contributed by atoms with Gasteiger partial charge in [-0.15, -0.1) is 0 Å². The van der Waals surface area contributed by atoms with E-state index in [0.29, 0.717) is 5.69 Å². The number of halogens is 1. The molecule has 1 unspecified atom stereocenters. The van der Waals surface area contributed by atoms with Gasteiger partial charge < -0.3 is 15.4 Å². The van der Waals surface area contributed by atoms with Crippen molar-refractivity contribution < 1.29 is 9.90 Å². The average Bonchev–Trinajstić information content (AvgIpc) is 2.68. The zero-order valence-corrected chi connectivity index (χ0v) is 11.8. The molecule has 0 aliphatic carbocycles. The molecule has 3 N–H and O–H groups in total. The third-order valence-corrected chi connectivity index (χ3v) is 3.65. The number of aliphatic carboxylic acids is 1. The quantitative estimate of drug-likeness (QED) is 0.915. The number of hydrogen-bond acceptors (Lipinski definition) is 2. The third kappa shape index (κ3) is 2.04. The Morgan fingerprint density at radius 2 is 2.11 bits per heavy atom. The van der Waals surface area contributed by atoms with Gasteiger partial charge in [-0.1, -0.05) is 22.0 Å². The molecule has 96 valence electrons. The van der Waals surface area contributed by atoms with Gasteiger partial charge in [0.2, 0.25) is 0 Å². The number of carboxylic acid groups (broad SMARTS) is 1. The Kier molecular flexibility index (Phi) is 3.45. The number of nitrogens with two attached hydrogens (primary N) is 1. The molecule has 0 bridgehead atoms. The molecule has 4 nitrogen and oxygen atoms in total. The highest BCUT2D eigenvalue weighted by molar-refractivity contribution is 9.10. The van der Waals surface area contributed by atoms with Crippen molar-refractivity contribution in [2.24, 2.45) is 5.73 Å². The van der Waals surface area contributed by atoms with Gasteiger partial charge >= 0.3 is 5.97 Å². The van der Waals surface area contributed by atoms with E-state index < -0.39 is 12.0 Å². The smallest absolute Gasteiger partial charge is 0.326 e. The van der Waals surface area contributed by atoms with Crippen molar-refractivity contribution in [3.05, 3.63) is 34.4 Å².